The number of benzene rings is 1. The van der Waals surface area contributed by atoms with Crippen molar-refractivity contribution in [2.24, 2.45) is 0 Å². The van der Waals surface area contributed by atoms with Crippen molar-refractivity contribution < 1.29 is 8.78 Å². The highest BCUT2D eigenvalue weighted by atomic mass is 19.1. The zero-order valence-electron chi connectivity index (χ0n) is 9.50. The molecule has 1 fully saturated rings. The van der Waals surface area contributed by atoms with E-state index in [1.54, 1.807) is 0 Å². The standard InChI is InChI=1S/C13H14F2N2/c14-11-3-2-10(13(15)8-11)9-17(7-1-6-16)12-4-5-12/h2-3,8,12H,1,4-5,7,9H2. The van der Waals surface area contributed by atoms with Gasteiger partial charge in [-0.25, -0.2) is 8.78 Å². The van der Waals surface area contributed by atoms with Crippen molar-refractivity contribution in [3.05, 3.63) is 35.4 Å². The second kappa shape index (κ2) is 5.24. The van der Waals surface area contributed by atoms with Crippen molar-refractivity contribution in [3.63, 3.8) is 0 Å². The van der Waals surface area contributed by atoms with E-state index in [1.807, 2.05) is 0 Å². The van der Waals surface area contributed by atoms with Crippen LogP contribution < -0.4 is 0 Å². The van der Waals surface area contributed by atoms with E-state index in [0.29, 0.717) is 31.1 Å². The van der Waals surface area contributed by atoms with Gasteiger partial charge in [-0.15, -0.1) is 0 Å². The van der Waals surface area contributed by atoms with Gasteiger partial charge in [0, 0.05) is 37.2 Å². The Labute approximate surface area is 99.5 Å². The molecule has 1 aliphatic rings. The normalized spacial score (nSPS) is 14.9. The Balaban J connectivity index is 2.03. The lowest BCUT2D eigenvalue weighted by atomic mass is 10.2. The third kappa shape index (κ3) is 3.24. The maximum absolute atomic E-state index is 13.5. The average Bonchev–Trinajstić information content (AvgIpc) is 3.11. The molecule has 17 heavy (non-hydrogen) atoms. The van der Waals surface area contributed by atoms with Gasteiger partial charge in [0.05, 0.1) is 6.07 Å². The van der Waals surface area contributed by atoms with Crippen molar-refractivity contribution in [1.29, 1.82) is 5.26 Å². The fraction of sp³-hybridized carbons (Fsp3) is 0.462. The van der Waals surface area contributed by atoms with Crippen molar-refractivity contribution in [2.75, 3.05) is 6.54 Å². The molecule has 2 nitrogen and oxygen atoms in total. The molecule has 4 heteroatoms. The molecule has 2 rings (SSSR count). The van der Waals surface area contributed by atoms with E-state index in [-0.39, 0.29) is 0 Å². The molecule has 0 atom stereocenters. The molecule has 0 spiro atoms. The number of nitriles is 1. The monoisotopic (exact) mass is 236 g/mol. The fourth-order valence-corrected chi connectivity index (χ4v) is 1.89. The van der Waals surface area contributed by atoms with Crippen LogP contribution in [-0.2, 0) is 6.54 Å². The number of nitrogens with zero attached hydrogens (tertiary/aromatic N) is 2. The van der Waals surface area contributed by atoms with Gasteiger partial charge in [0.15, 0.2) is 0 Å². The molecule has 0 aliphatic heterocycles. The summed E-state index contributed by atoms with van der Waals surface area (Å²) in [7, 11) is 0. The summed E-state index contributed by atoms with van der Waals surface area (Å²) >= 11 is 0. The lowest BCUT2D eigenvalue weighted by molar-refractivity contribution is 0.257. The second-order valence-electron chi connectivity index (χ2n) is 4.35. The summed E-state index contributed by atoms with van der Waals surface area (Å²) in [6.45, 7) is 1.11. The van der Waals surface area contributed by atoms with Crippen LogP contribution in [0.5, 0.6) is 0 Å². The molecule has 0 radical (unpaired) electrons. The Morgan fingerprint density at radius 3 is 2.71 bits per heavy atom. The van der Waals surface area contributed by atoms with Crippen LogP contribution in [0.3, 0.4) is 0 Å². The predicted molar refractivity (Wildman–Crippen MR) is 60.0 cm³/mol. The minimum Gasteiger partial charge on any atom is -0.295 e. The third-order valence-corrected chi connectivity index (χ3v) is 2.96. The Morgan fingerprint density at radius 1 is 1.35 bits per heavy atom. The lowest BCUT2D eigenvalue weighted by Gasteiger charge is -2.20. The van der Waals surface area contributed by atoms with Crippen LogP contribution in [0.4, 0.5) is 8.78 Å². The summed E-state index contributed by atoms with van der Waals surface area (Å²) in [5, 5.41) is 8.57. The van der Waals surface area contributed by atoms with E-state index >= 15 is 0 Å². The molecule has 0 aromatic heterocycles. The molecule has 0 N–H and O–H groups in total. The molecule has 1 aromatic rings. The highest BCUT2D eigenvalue weighted by Crippen LogP contribution is 2.28. The zero-order valence-corrected chi connectivity index (χ0v) is 9.50. The summed E-state index contributed by atoms with van der Waals surface area (Å²) in [6, 6.07) is 6.22. The molecule has 0 amide bonds. The number of hydrogen-bond acceptors (Lipinski definition) is 2. The van der Waals surface area contributed by atoms with E-state index in [4.69, 9.17) is 5.26 Å². The van der Waals surface area contributed by atoms with Crippen molar-refractivity contribution in [1.82, 2.24) is 4.90 Å². The predicted octanol–water partition coefficient (Wildman–Crippen LogP) is 2.84. The Morgan fingerprint density at radius 2 is 2.12 bits per heavy atom. The quantitative estimate of drug-likeness (QED) is 0.786. The average molecular weight is 236 g/mol. The van der Waals surface area contributed by atoms with E-state index in [9.17, 15) is 8.78 Å². The topological polar surface area (TPSA) is 27.0 Å². The summed E-state index contributed by atoms with van der Waals surface area (Å²) < 4.78 is 26.2. The zero-order chi connectivity index (χ0) is 12.3. The van der Waals surface area contributed by atoms with Crippen LogP contribution in [0, 0.1) is 23.0 Å². The first-order chi connectivity index (χ1) is 8.20. The Bertz CT molecular complexity index is 436. The van der Waals surface area contributed by atoms with Crippen LogP contribution in [0.1, 0.15) is 24.8 Å². The van der Waals surface area contributed by atoms with E-state index in [1.165, 1.54) is 12.1 Å². The summed E-state index contributed by atoms with van der Waals surface area (Å²) in [5.74, 6) is -1.06. The first-order valence-electron chi connectivity index (χ1n) is 5.75. The number of rotatable bonds is 5. The lowest BCUT2D eigenvalue weighted by Crippen LogP contribution is -2.27. The molecule has 0 bridgehead atoms. The van der Waals surface area contributed by atoms with Gasteiger partial charge in [-0.1, -0.05) is 6.07 Å². The minimum absolute atomic E-state index is 0.444. The first-order valence-corrected chi connectivity index (χ1v) is 5.75. The Kier molecular flexibility index (Phi) is 3.70. The van der Waals surface area contributed by atoms with E-state index < -0.39 is 11.6 Å². The van der Waals surface area contributed by atoms with Crippen molar-refractivity contribution in [3.8, 4) is 6.07 Å². The van der Waals surface area contributed by atoms with E-state index in [0.717, 1.165) is 18.9 Å². The molecule has 90 valence electrons. The Hall–Kier alpha value is -1.47. The molecule has 1 aromatic carbocycles. The highest BCUT2D eigenvalue weighted by Gasteiger charge is 2.29. The van der Waals surface area contributed by atoms with E-state index in [2.05, 4.69) is 11.0 Å². The van der Waals surface area contributed by atoms with Gasteiger partial charge in [-0.05, 0) is 18.9 Å². The van der Waals surface area contributed by atoms with Crippen LogP contribution in [-0.4, -0.2) is 17.5 Å². The molecule has 0 saturated heterocycles. The first kappa shape index (κ1) is 12.0. The summed E-state index contributed by atoms with van der Waals surface area (Å²) in [5.41, 5.74) is 0.497. The molecule has 1 aliphatic carbocycles. The SMILES string of the molecule is N#CCCN(Cc1ccc(F)cc1F)C1CC1. The molecule has 0 unspecified atom stereocenters. The minimum atomic E-state index is -0.554. The summed E-state index contributed by atoms with van der Waals surface area (Å²) in [4.78, 5) is 2.10. The smallest absolute Gasteiger partial charge is 0.130 e. The van der Waals surface area contributed by atoms with Gasteiger partial charge in [-0.3, -0.25) is 4.90 Å². The maximum atomic E-state index is 13.5. The maximum Gasteiger partial charge on any atom is 0.130 e. The molecule has 0 heterocycles. The molecular formula is C13H14F2N2. The highest BCUT2D eigenvalue weighted by molar-refractivity contribution is 5.18. The third-order valence-electron chi connectivity index (χ3n) is 2.96. The van der Waals surface area contributed by atoms with Gasteiger partial charge in [0.25, 0.3) is 0 Å². The van der Waals surface area contributed by atoms with Gasteiger partial charge in [0.2, 0.25) is 0 Å². The molecule has 1 saturated carbocycles. The summed E-state index contributed by atoms with van der Waals surface area (Å²) in [6.07, 6.45) is 2.65. The number of halogens is 2. The fourth-order valence-electron chi connectivity index (χ4n) is 1.89. The largest absolute Gasteiger partial charge is 0.295 e. The van der Waals surface area contributed by atoms with Gasteiger partial charge >= 0.3 is 0 Å². The second-order valence-corrected chi connectivity index (χ2v) is 4.35. The molecular weight excluding hydrogens is 222 g/mol. The van der Waals surface area contributed by atoms with Crippen molar-refractivity contribution >= 4 is 0 Å². The van der Waals surface area contributed by atoms with Crippen LogP contribution in [0.2, 0.25) is 0 Å². The van der Waals surface area contributed by atoms with Crippen molar-refractivity contribution in [2.45, 2.75) is 31.8 Å². The van der Waals surface area contributed by atoms with Gasteiger partial charge in [-0.2, -0.15) is 5.26 Å². The number of hydrogen-bond donors (Lipinski definition) is 0. The van der Waals surface area contributed by atoms with Crippen LogP contribution in [0.25, 0.3) is 0 Å². The van der Waals surface area contributed by atoms with Gasteiger partial charge in [0.1, 0.15) is 11.6 Å². The van der Waals surface area contributed by atoms with Crippen LogP contribution in [0.15, 0.2) is 18.2 Å². The van der Waals surface area contributed by atoms with Crippen LogP contribution >= 0.6 is 0 Å². The van der Waals surface area contributed by atoms with Gasteiger partial charge < -0.3 is 0 Å².